The number of aromatic amines is 1. The van der Waals surface area contributed by atoms with Gasteiger partial charge in [0.05, 0.1) is 12.5 Å². The van der Waals surface area contributed by atoms with Crippen molar-refractivity contribution in [1.29, 1.82) is 0 Å². The number of nitrogens with zero attached hydrogens (tertiary/aromatic N) is 1. The number of imidazole rings is 1. The molecule has 0 radical (unpaired) electrons. The van der Waals surface area contributed by atoms with E-state index in [2.05, 4.69) is 16.9 Å². The van der Waals surface area contributed by atoms with Crippen LogP contribution < -0.4 is 5.73 Å². The topological polar surface area (TPSA) is 67.8 Å². The number of nitrogens with two attached hydrogens (primary N) is 1. The van der Waals surface area contributed by atoms with Crippen LogP contribution in [0.3, 0.4) is 0 Å². The SMILES string of the molecule is CC(CCN)c1ncc(-c2ccco2)[nH]1. The summed E-state index contributed by atoms with van der Waals surface area (Å²) in [5.41, 5.74) is 6.42. The number of aromatic nitrogens is 2. The van der Waals surface area contributed by atoms with Crippen LogP contribution in [0.4, 0.5) is 0 Å². The Labute approximate surface area is 88.5 Å². The van der Waals surface area contributed by atoms with Crippen molar-refractivity contribution >= 4 is 0 Å². The van der Waals surface area contributed by atoms with E-state index in [1.54, 1.807) is 12.5 Å². The number of hydrogen-bond acceptors (Lipinski definition) is 3. The van der Waals surface area contributed by atoms with E-state index in [4.69, 9.17) is 10.2 Å². The van der Waals surface area contributed by atoms with Crippen LogP contribution in [0.15, 0.2) is 29.0 Å². The van der Waals surface area contributed by atoms with Gasteiger partial charge in [0.2, 0.25) is 0 Å². The normalized spacial score (nSPS) is 12.9. The highest BCUT2D eigenvalue weighted by Gasteiger charge is 2.10. The molecule has 0 aliphatic rings. The minimum Gasteiger partial charge on any atom is -0.463 e. The van der Waals surface area contributed by atoms with E-state index in [9.17, 15) is 0 Å². The molecule has 0 aliphatic heterocycles. The molecule has 0 saturated carbocycles. The Morgan fingerprint density at radius 3 is 3.13 bits per heavy atom. The lowest BCUT2D eigenvalue weighted by Gasteiger charge is -2.04. The monoisotopic (exact) mass is 205 g/mol. The van der Waals surface area contributed by atoms with Gasteiger partial charge in [-0.25, -0.2) is 4.98 Å². The van der Waals surface area contributed by atoms with Crippen molar-refractivity contribution in [2.24, 2.45) is 5.73 Å². The fraction of sp³-hybridized carbons (Fsp3) is 0.364. The van der Waals surface area contributed by atoms with Crippen LogP contribution in [0.2, 0.25) is 0 Å². The summed E-state index contributed by atoms with van der Waals surface area (Å²) in [4.78, 5) is 7.56. The van der Waals surface area contributed by atoms with E-state index >= 15 is 0 Å². The average Bonchev–Trinajstić information content (AvgIpc) is 2.89. The largest absolute Gasteiger partial charge is 0.463 e. The maximum absolute atomic E-state index is 5.51. The number of nitrogens with one attached hydrogen (secondary N) is 1. The van der Waals surface area contributed by atoms with Crippen LogP contribution >= 0.6 is 0 Å². The smallest absolute Gasteiger partial charge is 0.151 e. The summed E-state index contributed by atoms with van der Waals surface area (Å²) in [5.74, 6) is 2.14. The molecule has 2 aromatic heterocycles. The lowest BCUT2D eigenvalue weighted by atomic mass is 10.1. The maximum atomic E-state index is 5.51. The molecule has 1 unspecified atom stereocenters. The predicted octanol–water partition coefficient (Wildman–Crippen LogP) is 2.12. The fourth-order valence-corrected chi connectivity index (χ4v) is 1.53. The summed E-state index contributed by atoms with van der Waals surface area (Å²) in [6.45, 7) is 2.79. The summed E-state index contributed by atoms with van der Waals surface area (Å²) in [7, 11) is 0. The second kappa shape index (κ2) is 4.31. The fourth-order valence-electron chi connectivity index (χ4n) is 1.53. The van der Waals surface area contributed by atoms with E-state index in [-0.39, 0.29) is 0 Å². The minimum absolute atomic E-state index is 0.360. The Balaban J connectivity index is 2.17. The molecule has 15 heavy (non-hydrogen) atoms. The van der Waals surface area contributed by atoms with Crippen LogP contribution in [0.1, 0.15) is 25.1 Å². The number of hydrogen-bond donors (Lipinski definition) is 2. The highest BCUT2D eigenvalue weighted by Crippen LogP contribution is 2.21. The van der Waals surface area contributed by atoms with Gasteiger partial charge in [-0.15, -0.1) is 0 Å². The molecular weight excluding hydrogens is 190 g/mol. The van der Waals surface area contributed by atoms with Gasteiger partial charge in [0.1, 0.15) is 11.5 Å². The van der Waals surface area contributed by atoms with Crippen molar-refractivity contribution in [3.05, 3.63) is 30.4 Å². The van der Waals surface area contributed by atoms with Crippen molar-refractivity contribution < 1.29 is 4.42 Å². The number of H-pyrrole nitrogens is 1. The zero-order valence-corrected chi connectivity index (χ0v) is 8.73. The Bertz CT molecular complexity index is 405. The first-order chi connectivity index (χ1) is 7.31. The molecule has 0 saturated heterocycles. The van der Waals surface area contributed by atoms with Gasteiger partial charge in [0.15, 0.2) is 5.76 Å². The molecule has 80 valence electrons. The number of rotatable bonds is 4. The molecule has 2 rings (SSSR count). The van der Waals surface area contributed by atoms with Gasteiger partial charge in [0.25, 0.3) is 0 Å². The Morgan fingerprint density at radius 1 is 1.60 bits per heavy atom. The maximum Gasteiger partial charge on any atom is 0.151 e. The van der Waals surface area contributed by atoms with Crippen molar-refractivity contribution in [3.8, 4) is 11.5 Å². The summed E-state index contributed by atoms with van der Waals surface area (Å²) in [6, 6.07) is 3.77. The third-order valence-electron chi connectivity index (χ3n) is 2.45. The number of furan rings is 1. The molecule has 0 aromatic carbocycles. The second-order valence-corrected chi connectivity index (χ2v) is 3.64. The van der Waals surface area contributed by atoms with E-state index in [0.29, 0.717) is 12.5 Å². The van der Waals surface area contributed by atoms with Crippen molar-refractivity contribution in [2.75, 3.05) is 6.54 Å². The lowest BCUT2D eigenvalue weighted by molar-refractivity contribution is 0.579. The van der Waals surface area contributed by atoms with Gasteiger partial charge < -0.3 is 15.1 Å². The molecule has 0 fully saturated rings. The van der Waals surface area contributed by atoms with Crippen molar-refractivity contribution in [1.82, 2.24) is 9.97 Å². The summed E-state index contributed by atoms with van der Waals surface area (Å²) < 4.78 is 5.28. The van der Waals surface area contributed by atoms with Gasteiger partial charge in [-0.1, -0.05) is 6.92 Å². The summed E-state index contributed by atoms with van der Waals surface area (Å²) in [5, 5.41) is 0. The summed E-state index contributed by atoms with van der Waals surface area (Å²) in [6.07, 6.45) is 4.38. The van der Waals surface area contributed by atoms with Gasteiger partial charge in [-0.2, -0.15) is 0 Å². The first-order valence-electron chi connectivity index (χ1n) is 5.10. The molecule has 0 spiro atoms. The predicted molar refractivity (Wildman–Crippen MR) is 58.4 cm³/mol. The molecule has 0 amide bonds. The molecule has 1 atom stereocenters. The van der Waals surface area contributed by atoms with E-state index in [1.165, 1.54) is 0 Å². The van der Waals surface area contributed by atoms with Crippen LogP contribution in [0.5, 0.6) is 0 Å². The standard InChI is InChI=1S/C11H15N3O/c1-8(4-5-12)11-13-7-9(14-11)10-3-2-6-15-10/h2-3,6-8H,4-5,12H2,1H3,(H,13,14). The molecule has 0 aliphatic carbocycles. The Hall–Kier alpha value is -1.55. The van der Waals surface area contributed by atoms with E-state index < -0.39 is 0 Å². The third kappa shape index (κ3) is 2.10. The molecule has 4 heteroatoms. The van der Waals surface area contributed by atoms with Crippen molar-refractivity contribution in [2.45, 2.75) is 19.3 Å². The Morgan fingerprint density at radius 2 is 2.47 bits per heavy atom. The van der Waals surface area contributed by atoms with Crippen LogP contribution in [-0.4, -0.2) is 16.5 Å². The van der Waals surface area contributed by atoms with Crippen LogP contribution in [0, 0.1) is 0 Å². The molecule has 0 bridgehead atoms. The van der Waals surface area contributed by atoms with E-state index in [1.807, 2.05) is 12.1 Å². The van der Waals surface area contributed by atoms with Gasteiger partial charge in [-0.3, -0.25) is 0 Å². The quantitative estimate of drug-likeness (QED) is 0.803. The zero-order valence-electron chi connectivity index (χ0n) is 8.73. The minimum atomic E-state index is 0.360. The summed E-state index contributed by atoms with van der Waals surface area (Å²) >= 11 is 0. The van der Waals surface area contributed by atoms with Crippen LogP contribution in [-0.2, 0) is 0 Å². The van der Waals surface area contributed by atoms with Gasteiger partial charge >= 0.3 is 0 Å². The van der Waals surface area contributed by atoms with Crippen LogP contribution in [0.25, 0.3) is 11.5 Å². The van der Waals surface area contributed by atoms with E-state index in [0.717, 1.165) is 23.7 Å². The molecule has 3 N–H and O–H groups in total. The first-order valence-corrected chi connectivity index (χ1v) is 5.10. The molecular formula is C11H15N3O. The highest BCUT2D eigenvalue weighted by atomic mass is 16.3. The van der Waals surface area contributed by atoms with Gasteiger partial charge in [0, 0.05) is 5.92 Å². The average molecular weight is 205 g/mol. The molecule has 2 heterocycles. The molecule has 2 aromatic rings. The zero-order chi connectivity index (χ0) is 10.7. The molecule has 4 nitrogen and oxygen atoms in total. The second-order valence-electron chi connectivity index (χ2n) is 3.64. The van der Waals surface area contributed by atoms with Gasteiger partial charge in [-0.05, 0) is 25.1 Å². The van der Waals surface area contributed by atoms with Crippen molar-refractivity contribution in [3.63, 3.8) is 0 Å². The third-order valence-corrected chi connectivity index (χ3v) is 2.45. The lowest BCUT2D eigenvalue weighted by Crippen LogP contribution is -2.05. The highest BCUT2D eigenvalue weighted by molar-refractivity contribution is 5.50. The Kier molecular flexibility index (Phi) is 2.87. The first kappa shape index (κ1) is 9.98.